The SMILES string of the molecule is c1cc(-c2ccc(Oc3ccc4c(c3)OC(CNCC3CCOCC3)C4)cc2)[nH]n1. The highest BCUT2D eigenvalue weighted by Gasteiger charge is 2.23. The van der Waals surface area contributed by atoms with Gasteiger partial charge >= 0.3 is 0 Å². The molecule has 0 radical (unpaired) electrons. The molecule has 2 aliphatic rings. The van der Waals surface area contributed by atoms with Gasteiger partial charge in [-0.3, -0.25) is 5.10 Å². The van der Waals surface area contributed by atoms with Gasteiger partial charge in [0, 0.05) is 38.4 Å². The van der Waals surface area contributed by atoms with Crippen molar-refractivity contribution in [3.63, 3.8) is 0 Å². The van der Waals surface area contributed by atoms with Crippen LogP contribution in [0.1, 0.15) is 18.4 Å². The van der Waals surface area contributed by atoms with Crippen molar-refractivity contribution in [1.29, 1.82) is 0 Å². The fourth-order valence-electron chi connectivity index (χ4n) is 4.11. The Hall–Kier alpha value is -2.83. The number of rotatable bonds is 7. The minimum atomic E-state index is 0.184. The van der Waals surface area contributed by atoms with Gasteiger partial charge in [0.25, 0.3) is 0 Å². The lowest BCUT2D eigenvalue weighted by Gasteiger charge is -2.23. The standard InChI is InChI=1S/C24H27N3O3/c1-4-20(5-2-18(1)23-7-10-26-27-23)29-21-6-3-19-13-22(30-24(19)14-21)16-25-15-17-8-11-28-12-9-17/h1-7,10,14,17,22,25H,8-9,11-13,15-16H2,(H,26,27). The summed E-state index contributed by atoms with van der Waals surface area (Å²) in [6, 6.07) is 16.0. The highest BCUT2D eigenvalue weighted by molar-refractivity contribution is 5.59. The first kappa shape index (κ1) is 19.2. The van der Waals surface area contributed by atoms with Crippen LogP contribution in [0.4, 0.5) is 0 Å². The maximum absolute atomic E-state index is 6.16. The molecule has 0 amide bonds. The zero-order valence-corrected chi connectivity index (χ0v) is 17.0. The largest absolute Gasteiger partial charge is 0.488 e. The topological polar surface area (TPSA) is 68.4 Å². The summed E-state index contributed by atoms with van der Waals surface area (Å²) < 4.78 is 17.6. The van der Waals surface area contributed by atoms with E-state index in [1.807, 2.05) is 42.5 Å². The van der Waals surface area contributed by atoms with Crippen molar-refractivity contribution in [2.75, 3.05) is 26.3 Å². The quantitative estimate of drug-likeness (QED) is 0.617. The molecule has 2 N–H and O–H groups in total. The predicted octanol–water partition coefficient (Wildman–Crippen LogP) is 4.19. The fourth-order valence-corrected chi connectivity index (χ4v) is 4.11. The number of hydrogen-bond acceptors (Lipinski definition) is 5. The number of benzene rings is 2. The Labute approximate surface area is 176 Å². The van der Waals surface area contributed by atoms with Crippen molar-refractivity contribution < 1.29 is 14.2 Å². The average Bonchev–Trinajstić information content (AvgIpc) is 3.45. The summed E-state index contributed by atoms with van der Waals surface area (Å²) in [5, 5.41) is 10.5. The third-order valence-electron chi connectivity index (χ3n) is 5.83. The maximum atomic E-state index is 6.16. The van der Waals surface area contributed by atoms with E-state index in [2.05, 4.69) is 21.6 Å². The normalized spacial score (nSPS) is 18.7. The number of ether oxygens (including phenoxy) is 3. The smallest absolute Gasteiger partial charge is 0.131 e. The van der Waals surface area contributed by atoms with Crippen LogP contribution in [-0.2, 0) is 11.2 Å². The lowest BCUT2D eigenvalue weighted by Crippen LogP contribution is -2.35. The number of fused-ring (bicyclic) bond motifs is 1. The summed E-state index contributed by atoms with van der Waals surface area (Å²) in [4.78, 5) is 0. The zero-order valence-electron chi connectivity index (χ0n) is 17.0. The average molecular weight is 405 g/mol. The van der Waals surface area contributed by atoms with E-state index < -0.39 is 0 Å². The zero-order chi connectivity index (χ0) is 20.2. The molecule has 6 heteroatoms. The summed E-state index contributed by atoms with van der Waals surface area (Å²) in [6.45, 7) is 3.71. The molecule has 2 aromatic carbocycles. The van der Waals surface area contributed by atoms with Crippen LogP contribution in [0.25, 0.3) is 11.3 Å². The van der Waals surface area contributed by atoms with Crippen LogP contribution in [0.15, 0.2) is 54.7 Å². The first-order valence-corrected chi connectivity index (χ1v) is 10.7. The molecule has 30 heavy (non-hydrogen) atoms. The number of hydrogen-bond donors (Lipinski definition) is 2. The lowest BCUT2D eigenvalue weighted by atomic mass is 10.0. The molecule has 6 nitrogen and oxygen atoms in total. The van der Waals surface area contributed by atoms with E-state index in [4.69, 9.17) is 14.2 Å². The third-order valence-corrected chi connectivity index (χ3v) is 5.83. The first-order chi connectivity index (χ1) is 14.8. The van der Waals surface area contributed by atoms with Crippen molar-refractivity contribution in [2.45, 2.75) is 25.4 Å². The summed E-state index contributed by atoms with van der Waals surface area (Å²) >= 11 is 0. The van der Waals surface area contributed by atoms with E-state index in [-0.39, 0.29) is 6.10 Å². The Morgan fingerprint density at radius 1 is 1.00 bits per heavy atom. The van der Waals surface area contributed by atoms with Gasteiger partial charge in [0.1, 0.15) is 23.4 Å². The van der Waals surface area contributed by atoms with Crippen molar-refractivity contribution in [3.8, 4) is 28.5 Å². The van der Waals surface area contributed by atoms with Gasteiger partial charge in [0.05, 0.1) is 5.69 Å². The highest BCUT2D eigenvalue weighted by Crippen LogP contribution is 2.34. The van der Waals surface area contributed by atoms with Crippen molar-refractivity contribution in [1.82, 2.24) is 15.5 Å². The molecule has 3 heterocycles. The Morgan fingerprint density at radius 3 is 2.63 bits per heavy atom. The number of H-pyrrole nitrogens is 1. The van der Waals surface area contributed by atoms with E-state index in [0.29, 0.717) is 0 Å². The van der Waals surface area contributed by atoms with Gasteiger partial charge in [-0.25, -0.2) is 0 Å². The molecule has 0 aliphatic carbocycles. The van der Waals surface area contributed by atoms with Gasteiger partial charge in [0.2, 0.25) is 0 Å². The van der Waals surface area contributed by atoms with E-state index in [9.17, 15) is 0 Å². The molecule has 1 fully saturated rings. The van der Waals surface area contributed by atoms with Gasteiger partial charge in [-0.15, -0.1) is 0 Å². The van der Waals surface area contributed by atoms with Gasteiger partial charge in [-0.2, -0.15) is 5.10 Å². The van der Waals surface area contributed by atoms with Crippen molar-refractivity contribution in [3.05, 3.63) is 60.3 Å². The van der Waals surface area contributed by atoms with Crippen molar-refractivity contribution >= 4 is 0 Å². The highest BCUT2D eigenvalue weighted by atomic mass is 16.5. The minimum absolute atomic E-state index is 0.184. The van der Waals surface area contributed by atoms with Gasteiger partial charge < -0.3 is 19.5 Å². The van der Waals surface area contributed by atoms with Crippen LogP contribution in [0.3, 0.4) is 0 Å². The Bertz CT molecular complexity index is 950. The Balaban J connectivity index is 1.15. The third kappa shape index (κ3) is 4.50. The van der Waals surface area contributed by atoms with Crippen molar-refractivity contribution in [2.24, 2.45) is 5.92 Å². The minimum Gasteiger partial charge on any atom is -0.488 e. The monoisotopic (exact) mass is 405 g/mol. The molecule has 3 aromatic rings. The molecule has 2 aliphatic heterocycles. The molecule has 0 bridgehead atoms. The molecular weight excluding hydrogens is 378 g/mol. The number of aromatic nitrogens is 2. The van der Waals surface area contributed by atoms with E-state index in [1.165, 1.54) is 5.56 Å². The Morgan fingerprint density at radius 2 is 1.83 bits per heavy atom. The van der Waals surface area contributed by atoms with Crippen LogP contribution < -0.4 is 14.8 Å². The molecule has 0 spiro atoms. The van der Waals surface area contributed by atoms with Crippen LogP contribution in [0.5, 0.6) is 17.2 Å². The summed E-state index contributed by atoms with van der Waals surface area (Å²) in [5.41, 5.74) is 3.31. The molecule has 5 rings (SSSR count). The van der Waals surface area contributed by atoms with Crippen LogP contribution in [0.2, 0.25) is 0 Å². The van der Waals surface area contributed by atoms with Crippen LogP contribution >= 0.6 is 0 Å². The van der Waals surface area contributed by atoms with E-state index in [1.54, 1.807) is 6.20 Å². The van der Waals surface area contributed by atoms with Crippen LogP contribution in [-0.4, -0.2) is 42.6 Å². The number of nitrogens with one attached hydrogen (secondary N) is 2. The summed E-state index contributed by atoms with van der Waals surface area (Å²) in [6.07, 6.45) is 5.18. The van der Waals surface area contributed by atoms with E-state index >= 15 is 0 Å². The predicted molar refractivity (Wildman–Crippen MR) is 115 cm³/mol. The maximum Gasteiger partial charge on any atom is 0.131 e. The summed E-state index contributed by atoms with van der Waals surface area (Å²) in [7, 11) is 0. The Kier molecular flexibility index (Phi) is 5.68. The molecule has 1 atom stereocenters. The molecule has 1 aromatic heterocycles. The number of aromatic amines is 1. The molecular formula is C24H27N3O3. The summed E-state index contributed by atoms with van der Waals surface area (Å²) in [5.74, 6) is 3.24. The van der Waals surface area contributed by atoms with Crippen LogP contribution in [0, 0.1) is 5.92 Å². The van der Waals surface area contributed by atoms with Gasteiger partial charge in [0.15, 0.2) is 0 Å². The van der Waals surface area contributed by atoms with Gasteiger partial charge in [-0.1, -0.05) is 6.07 Å². The lowest BCUT2D eigenvalue weighted by molar-refractivity contribution is 0.0655. The molecule has 0 saturated carbocycles. The molecule has 1 unspecified atom stereocenters. The van der Waals surface area contributed by atoms with Gasteiger partial charge in [-0.05, 0) is 72.8 Å². The second kappa shape index (κ2) is 8.90. The molecule has 156 valence electrons. The first-order valence-electron chi connectivity index (χ1n) is 10.7. The second-order valence-corrected chi connectivity index (χ2v) is 8.02. The number of nitrogens with zero attached hydrogens (tertiary/aromatic N) is 1. The fraction of sp³-hybridized carbons (Fsp3) is 0.375. The second-order valence-electron chi connectivity index (χ2n) is 8.02. The van der Waals surface area contributed by atoms with E-state index in [0.717, 1.165) is 80.0 Å². The molecule has 1 saturated heterocycles.